The Bertz CT molecular complexity index is 872. The first kappa shape index (κ1) is 12.9. The number of aromatic carboxylic acids is 1. The van der Waals surface area contributed by atoms with Gasteiger partial charge in [0.1, 0.15) is 5.69 Å². The smallest absolute Gasteiger partial charge is 0.353 e. The fourth-order valence-corrected chi connectivity index (χ4v) is 2.21. The standard InChI is InChI=1S/C14H12N4O3/c1-8-7-15-14(21)18(8)12-5-3-2-4-9(12)10-6-11(13(19)20)17-16-10/h2-7H,1H3,(H,15,21)(H,16,17)(H,19,20). The van der Waals surface area contributed by atoms with E-state index in [9.17, 15) is 9.59 Å². The summed E-state index contributed by atoms with van der Waals surface area (Å²) in [6.07, 6.45) is 1.62. The highest BCUT2D eigenvalue weighted by Gasteiger charge is 2.15. The summed E-state index contributed by atoms with van der Waals surface area (Å²) in [6, 6.07) is 8.63. The first-order valence-electron chi connectivity index (χ1n) is 6.23. The van der Waals surface area contributed by atoms with Crippen molar-refractivity contribution in [2.45, 2.75) is 6.92 Å². The molecule has 0 aliphatic heterocycles. The van der Waals surface area contributed by atoms with Crippen LogP contribution in [0.5, 0.6) is 0 Å². The Balaban J connectivity index is 2.20. The number of nitrogens with one attached hydrogen (secondary N) is 2. The Hall–Kier alpha value is -3.09. The van der Waals surface area contributed by atoms with Gasteiger partial charge < -0.3 is 10.1 Å². The van der Waals surface area contributed by atoms with Crippen LogP contribution in [0, 0.1) is 6.92 Å². The lowest BCUT2D eigenvalue weighted by molar-refractivity contribution is 0.0690. The van der Waals surface area contributed by atoms with Crippen LogP contribution >= 0.6 is 0 Å². The van der Waals surface area contributed by atoms with Gasteiger partial charge in [-0.05, 0) is 19.1 Å². The Kier molecular flexibility index (Phi) is 2.94. The maximum atomic E-state index is 11.9. The zero-order valence-electron chi connectivity index (χ0n) is 11.1. The number of para-hydroxylation sites is 1. The number of H-pyrrole nitrogens is 2. The number of nitrogens with zero attached hydrogens (tertiary/aromatic N) is 2. The molecule has 2 aromatic heterocycles. The molecule has 0 radical (unpaired) electrons. The van der Waals surface area contributed by atoms with Crippen LogP contribution in [0.3, 0.4) is 0 Å². The number of carboxylic acids is 1. The van der Waals surface area contributed by atoms with Crippen LogP contribution in [-0.2, 0) is 0 Å². The van der Waals surface area contributed by atoms with E-state index < -0.39 is 5.97 Å². The molecule has 0 fully saturated rings. The molecule has 106 valence electrons. The number of carboxylic acid groups (broad SMARTS) is 1. The van der Waals surface area contributed by atoms with E-state index in [1.807, 2.05) is 13.0 Å². The fourth-order valence-electron chi connectivity index (χ4n) is 2.21. The van der Waals surface area contributed by atoms with Crippen molar-refractivity contribution in [3.63, 3.8) is 0 Å². The van der Waals surface area contributed by atoms with Gasteiger partial charge in [0.15, 0.2) is 0 Å². The topological polar surface area (TPSA) is 104 Å². The fraction of sp³-hybridized carbons (Fsp3) is 0.0714. The number of carbonyl (C=O) groups is 1. The van der Waals surface area contributed by atoms with E-state index in [4.69, 9.17) is 5.11 Å². The van der Waals surface area contributed by atoms with E-state index in [1.54, 1.807) is 24.4 Å². The van der Waals surface area contributed by atoms with Crippen molar-refractivity contribution in [2.24, 2.45) is 0 Å². The molecule has 3 rings (SSSR count). The monoisotopic (exact) mass is 284 g/mol. The molecule has 3 N–H and O–H groups in total. The average Bonchev–Trinajstić information content (AvgIpc) is 3.07. The molecule has 0 unspecified atom stereocenters. The average molecular weight is 284 g/mol. The second-order valence-electron chi connectivity index (χ2n) is 4.56. The number of hydrogen-bond donors (Lipinski definition) is 3. The van der Waals surface area contributed by atoms with Crippen molar-refractivity contribution in [3.8, 4) is 16.9 Å². The molecule has 0 aliphatic rings. The molecule has 0 aliphatic carbocycles. The highest BCUT2D eigenvalue weighted by molar-refractivity contribution is 5.87. The summed E-state index contributed by atoms with van der Waals surface area (Å²) < 4.78 is 1.52. The summed E-state index contributed by atoms with van der Waals surface area (Å²) in [7, 11) is 0. The minimum Gasteiger partial charge on any atom is -0.477 e. The van der Waals surface area contributed by atoms with Crippen molar-refractivity contribution in [3.05, 3.63) is 58.4 Å². The zero-order chi connectivity index (χ0) is 15.0. The molecule has 0 saturated carbocycles. The SMILES string of the molecule is Cc1c[nH]c(=O)n1-c1ccccc1-c1cc(C(=O)O)[nH]n1. The summed E-state index contributed by atoms with van der Waals surface area (Å²) in [5, 5.41) is 15.4. The van der Waals surface area contributed by atoms with E-state index in [0.29, 0.717) is 16.9 Å². The molecule has 0 spiro atoms. The summed E-state index contributed by atoms with van der Waals surface area (Å²) >= 11 is 0. The lowest BCUT2D eigenvalue weighted by Gasteiger charge is -2.09. The molecule has 2 heterocycles. The Morgan fingerprint density at radius 2 is 2.10 bits per heavy atom. The largest absolute Gasteiger partial charge is 0.477 e. The molecular formula is C14H12N4O3. The number of aryl methyl sites for hydroxylation is 1. The first-order valence-corrected chi connectivity index (χ1v) is 6.23. The van der Waals surface area contributed by atoms with Crippen molar-refractivity contribution in [1.82, 2.24) is 19.7 Å². The lowest BCUT2D eigenvalue weighted by Crippen LogP contribution is -2.16. The minimum atomic E-state index is -1.08. The highest BCUT2D eigenvalue weighted by Crippen LogP contribution is 2.25. The maximum Gasteiger partial charge on any atom is 0.353 e. The predicted octanol–water partition coefficient (Wildman–Crippen LogP) is 1.56. The van der Waals surface area contributed by atoms with Crippen molar-refractivity contribution in [1.29, 1.82) is 0 Å². The third-order valence-electron chi connectivity index (χ3n) is 3.19. The third-order valence-corrected chi connectivity index (χ3v) is 3.19. The van der Waals surface area contributed by atoms with Crippen molar-refractivity contribution >= 4 is 5.97 Å². The van der Waals surface area contributed by atoms with E-state index in [1.165, 1.54) is 10.6 Å². The molecule has 0 amide bonds. The van der Waals surface area contributed by atoms with Crippen LogP contribution in [0.1, 0.15) is 16.2 Å². The Labute approximate surface area is 118 Å². The van der Waals surface area contributed by atoms with Gasteiger partial charge in [-0.1, -0.05) is 18.2 Å². The molecule has 7 heteroatoms. The second-order valence-corrected chi connectivity index (χ2v) is 4.56. The number of rotatable bonds is 3. The molecule has 21 heavy (non-hydrogen) atoms. The van der Waals surface area contributed by atoms with Crippen molar-refractivity contribution < 1.29 is 9.90 Å². The first-order chi connectivity index (χ1) is 10.1. The summed E-state index contributed by atoms with van der Waals surface area (Å²) in [5.41, 5.74) is 2.28. The summed E-state index contributed by atoms with van der Waals surface area (Å²) in [5.74, 6) is -1.08. The van der Waals surface area contributed by atoms with E-state index >= 15 is 0 Å². The van der Waals surface area contributed by atoms with E-state index in [2.05, 4.69) is 15.2 Å². The van der Waals surface area contributed by atoms with Gasteiger partial charge in [-0.2, -0.15) is 5.10 Å². The van der Waals surface area contributed by atoms with E-state index in [0.717, 1.165) is 5.69 Å². The maximum absolute atomic E-state index is 11.9. The van der Waals surface area contributed by atoms with Crippen molar-refractivity contribution in [2.75, 3.05) is 0 Å². The number of hydrogen-bond acceptors (Lipinski definition) is 3. The second kappa shape index (κ2) is 4.78. The molecule has 3 aromatic rings. The zero-order valence-corrected chi connectivity index (χ0v) is 11.1. The normalized spacial score (nSPS) is 10.7. The van der Waals surface area contributed by atoms with Crippen LogP contribution in [0.2, 0.25) is 0 Å². The lowest BCUT2D eigenvalue weighted by atomic mass is 10.1. The predicted molar refractivity (Wildman–Crippen MR) is 75.7 cm³/mol. The molecule has 0 saturated heterocycles. The number of benzene rings is 1. The van der Waals surface area contributed by atoms with Crippen LogP contribution in [-0.4, -0.2) is 30.8 Å². The molecule has 7 nitrogen and oxygen atoms in total. The van der Waals surface area contributed by atoms with Gasteiger partial charge in [-0.25, -0.2) is 9.59 Å². The van der Waals surface area contributed by atoms with Crippen LogP contribution in [0.15, 0.2) is 41.3 Å². The summed E-state index contributed by atoms with van der Waals surface area (Å²) in [6.45, 7) is 1.81. The van der Waals surface area contributed by atoms with Crippen LogP contribution < -0.4 is 5.69 Å². The third kappa shape index (κ3) is 2.14. The van der Waals surface area contributed by atoms with Crippen LogP contribution in [0.4, 0.5) is 0 Å². The Morgan fingerprint density at radius 1 is 1.33 bits per heavy atom. The van der Waals surface area contributed by atoms with Gasteiger partial charge in [0.05, 0.1) is 11.4 Å². The molecular weight excluding hydrogens is 272 g/mol. The highest BCUT2D eigenvalue weighted by atomic mass is 16.4. The number of aromatic amines is 2. The molecule has 0 atom stereocenters. The van der Waals surface area contributed by atoms with Gasteiger partial charge in [-0.3, -0.25) is 9.67 Å². The molecule has 1 aromatic carbocycles. The van der Waals surface area contributed by atoms with Gasteiger partial charge in [0.25, 0.3) is 0 Å². The summed E-state index contributed by atoms with van der Waals surface area (Å²) in [4.78, 5) is 25.5. The van der Waals surface area contributed by atoms with Gasteiger partial charge >= 0.3 is 11.7 Å². The van der Waals surface area contributed by atoms with E-state index in [-0.39, 0.29) is 11.4 Å². The van der Waals surface area contributed by atoms with Crippen LogP contribution in [0.25, 0.3) is 16.9 Å². The number of imidazole rings is 1. The minimum absolute atomic E-state index is 0.00191. The number of aromatic nitrogens is 4. The Morgan fingerprint density at radius 3 is 2.71 bits per heavy atom. The van der Waals surface area contributed by atoms with Gasteiger partial charge in [-0.15, -0.1) is 0 Å². The van der Waals surface area contributed by atoms with Gasteiger partial charge in [0, 0.05) is 17.5 Å². The molecule has 0 bridgehead atoms. The van der Waals surface area contributed by atoms with Gasteiger partial charge in [0.2, 0.25) is 0 Å². The quantitative estimate of drug-likeness (QED) is 0.679.